The average Bonchev–Trinajstić information content (AvgIpc) is 2.90. The maximum absolute atomic E-state index is 12.9. The molecule has 0 aliphatic heterocycles. The Labute approximate surface area is 168 Å². The number of benzene rings is 2. The predicted octanol–water partition coefficient (Wildman–Crippen LogP) is 2.59. The number of primary sulfonamides is 1. The van der Waals surface area contributed by atoms with E-state index in [0.717, 1.165) is 0 Å². The summed E-state index contributed by atoms with van der Waals surface area (Å²) in [6.07, 6.45) is 0. The van der Waals surface area contributed by atoms with E-state index in [-0.39, 0.29) is 15.5 Å². The molecule has 0 radical (unpaired) electrons. The first kappa shape index (κ1) is 20.3. The molecule has 1 heterocycles. The van der Waals surface area contributed by atoms with Crippen molar-refractivity contribution in [3.8, 4) is 5.69 Å². The Morgan fingerprint density at radius 1 is 0.964 bits per heavy atom. The third-order valence-electron chi connectivity index (χ3n) is 4.00. The summed E-state index contributed by atoms with van der Waals surface area (Å²) in [5, 5.41) is 9.93. The molecule has 1 aromatic heterocycles. The summed E-state index contributed by atoms with van der Waals surface area (Å²) in [5.74, 6) is 0. The highest BCUT2D eigenvalue weighted by Gasteiger charge is 2.25. The number of rotatable bonds is 5. The van der Waals surface area contributed by atoms with Crippen LogP contribution in [0.15, 0.2) is 58.3 Å². The molecule has 0 amide bonds. The maximum Gasteiger partial charge on any atom is 0.265 e. The molecule has 3 rings (SSSR count). The van der Waals surface area contributed by atoms with Crippen molar-refractivity contribution in [3.63, 3.8) is 0 Å². The van der Waals surface area contributed by atoms with Crippen LogP contribution < -0.4 is 9.86 Å². The second-order valence-electron chi connectivity index (χ2n) is 6.06. The minimum absolute atomic E-state index is 0.0398. The van der Waals surface area contributed by atoms with Gasteiger partial charge in [-0.2, -0.15) is 5.10 Å². The zero-order valence-corrected chi connectivity index (χ0v) is 17.3. The van der Waals surface area contributed by atoms with E-state index in [9.17, 15) is 16.8 Å². The van der Waals surface area contributed by atoms with Crippen LogP contribution in [0.25, 0.3) is 5.69 Å². The van der Waals surface area contributed by atoms with Gasteiger partial charge in [0.25, 0.3) is 10.0 Å². The number of sulfonamides is 2. The fraction of sp³-hybridized carbons (Fsp3) is 0.118. The molecule has 8 nitrogen and oxygen atoms in total. The number of nitrogens with two attached hydrogens (primary N) is 1. The number of hydrogen-bond acceptors (Lipinski definition) is 5. The quantitative estimate of drug-likeness (QED) is 0.630. The summed E-state index contributed by atoms with van der Waals surface area (Å²) in [4.78, 5) is -0.0728. The fourth-order valence-corrected chi connectivity index (χ4v) is 4.86. The van der Waals surface area contributed by atoms with Crippen molar-refractivity contribution in [2.45, 2.75) is 23.6 Å². The summed E-state index contributed by atoms with van der Waals surface area (Å²) in [5.41, 5.74) is 1.61. The minimum Gasteiger partial charge on any atom is -0.280 e. The van der Waals surface area contributed by atoms with Gasteiger partial charge in [-0.1, -0.05) is 11.6 Å². The molecule has 28 heavy (non-hydrogen) atoms. The third-order valence-corrected chi connectivity index (χ3v) is 6.81. The second kappa shape index (κ2) is 7.21. The largest absolute Gasteiger partial charge is 0.280 e. The fourth-order valence-electron chi connectivity index (χ4n) is 2.77. The molecule has 0 atom stereocenters. The molecule has 2 aromatic carbocycles. The van der Waals surface area contributed by atoms with E-state index in [1.807, 2.05) is 0 Å². The Morgan fingerprint density at radius 2 is 1.54 bits per heavy atom. The third kappa shape index (κ3) is 4.04. The van der Waals surface area contributed by atoms with Crippen LogP contribution in [0.2, 0.25) is 5.02 Å². The smallest absolute Gasteiger partial charge is 0.265 e. The molecule has 3 N–H and O–H groups in total. The molecule has 0 spiro atoms. The van der Waals surface area contributed by atoms with Gasteiger partial charge >= 0.3 is 0 Å². The Kier molecular flexibility index (Phi) is 5.24. The minimum atomic E-state index is -3.96. The van der Waals surface area contributed by atoms with Gasteiger partial charge in [0.05, 0.1) is 22.0 Å². The first-order chi connectivity index (χ1) is 13.0. The van der Waals surface area contributed by atoms with Crippen LogP contribution in [-0.2, 0) is 20.0 Å². The van der Waals surface area contributed by atoms with E-state index >= 15 is 0 Å². The van der Waals surface area contributed by atoms with Crippen molar-refractivity contribution in [2.24, 2.45) is 5.14 Å². The van der Waals surface area contributed by atoms with Crippen molar-refractivity contribution < 1.29 is 16.8 Å². The highest BCUT2D eigenvalue weighted by molar-refractivity contribution is 7.92. The number of halogens is 1. The molecule has 0 saturated heterocycles. The zero-order valence-electron chi connectivity index (χ0n) is 14.9. The Hall–Kier alpha value is -2.40. The lowest BCUT2D eigenvalue weighted by Gasteiger charge is -2.09. The van der Waals surface area contributed by atoms with Crippen molar-refractivity contribution in [2.75, 3.05) is 4.72 Å². The normalized spacial score (nSPS) is 12.1. The Balaban J connectivity index is 1.97. The van der Waals surface area contributed by atoms with Crippen molar-refractivity contribution in [1.29, 1.82) is 0 Å². The van der Waals surface area contributed by atoms with Crippen LogP contribution in [-0.4, -0.2) is 26.6 Å². The zero-order chi connectivity index (χ0) is 20.7. The molecule has 148 valence electrons. The van der Waals surface area contributed by atoms with Gasteiger partial charge < -0.3 is 0 Å². The summed E-state index contributed by atoms with van der Waals surface area (Å²) in [6.45, 7) is 3.24. The lowest BCUT2D eigenvalue weighted by Crippen LogP contribution is -2.15. The topological polar surface area (TPSA) is 124 Å². The number of aryl methyl sites for hydroxylation is 1. The monoisotopic (exact) mass is 440 g/mol. The Bertz CT molecular complexity index is 1230. The van der Waals surface area contributed by atoms with Gasteiger partial charge in [0.2, 0.25) is 10.0 Å². The van der Waals surface area contributed by atoms with Crippen molar-refractivity contribution >= 4 is 37.3 Å². The molecule has 0 bridgehead atoms. The van der Waals surface area contributed by atoms with E-state index < -0.39 is 20.0 Å². The van der Waals surface area contributed by atoms with Crippen LogP contribution >= 0.6 is 11.6 Å². The average molecular weight is 441 g/mol. The number of hydrogen-bond donors (Lipinski definition) is 2. The molecule has 0 unspecified atom stereocenters. The summed E-state index contributed by atoms with van der Waals surface area (Å²) >= 11 is 5.90. The molecule has 3 aromatic rings. The first-order valence-corrected chi connectivity index (χ1v) is 11.4. The van der Waals surface area contributed by atoms with Crippen molar-refractivity contribution in [1.82, 2.24) is 9.78 Å². The SMILES string of the molecule is Cc1nn(-c2ccc(Cl)cc2)c(C)c1S(=O)(=O)Nc1ccc(S(N)(=O)=O)cc1. The van der Waals surface area contributed by atoms with E-state index in [4.69, 9.17) is 16.7 Å². The van der Waals surface area contributed by atoms with Gasteiger partial charge in [0, 0.05) is 10.7 Å². The van der Waals surface area contributed by atoms with Gasteiger partial charge in [0.15, 0.2) is 0 Å². The molecule has 0 aliphatic carbocycles. The predicted molar refractivity (Wildman–Crippen MR) is 107 cm³/mol. The van der Waals surface area contributed by atoms with Crippen LogP contribution in [0.3, 0.4) is 0 Å². The molecule has 0 fully saturated rings. The Morgan fingerprint density at radius 3 is 2.07 bits per heavy atom. The van der Waals surface area contributed by atoms with Gasteiger partial charge in [-0.15, -0.1) is 0 Å². The molecule has 0 aliphatic rings. The van der Waals surface area contributed by atoms with E-state index in [1.165, 1.54) is 28.9 Å². The molecular formula is C17H17ClN4O4S2. The highest BCUT2D eigenvalue weighted by atomic mass is 35.5. The van der Waals surface area contributed by atoms with Crippen LogP contribution in [0, 0.1) is 13.8 Å². The number of nitrogens with zero attached hydrogens (tertiary/aromatic N) is 2. The number of nitrogens with one attached hydrogen (secondary N) is 1. The second-order valence-corrected chi connectivity index (χ2v) is 9.68. The van der Waals surface area contributed by atoms with E-state index in [2.05, 4.69) is 9.82 Å². The maximum atomic E-state index is 12.9. The van der Waals surface area contributed by atoms with Crippen molar-refractivity contribution in [3.05, 3.63) is 64.9 Å². The lowest BCUT2D eigenvalue weighted by molar-refractivity contribution is 0.597. The summed E-state index contributed by atoms with van der Waals surface area (Å²) in [7, 11) is -7.82. The van der Waals surface area contributed by atoms with E-state index in [1.54, 1.807) is 38.1 Å². The van der Waals surface area contributed by atoms with Gasteiger partial charge in [-0.25, -0.2) is 26.7 Å². The molecule has 0 saturated carbocycles. The number of aromatic nitrogens is 2. The van der Waals surface area contributed by atoms with E-state index in [0.29, 0.717) is 22.1 Å². The summed E-state index contributed by atoms with van der Waals surface area (Å²) in [6, 6.07) is 11.9. The van der Waals surface area contributed by atoms with Crippen LogP contribution in [0.1, 0.15) is 11.4 Å². The first-order valence-electron chi connectivity index (χ1n) is 7.97. The standard InChI is InChI=1S/C17H17ClN4O4S2/c1-11-17(12(2)22(20-11)15-7-3-13(18)4-8-15)28(25,26)21-14-5-9-16(10-6-14)27(19,23)24/h3-10,21H,1-2H3,(H2,19,23,24). The van der Waals surface area contributed by atoms with Crippen LogP contribution in [0.4, 0.5) is 5.69 Å². The van der Waals surface area contributed by atoms with Gasteiger partial charge in [-0.3, -0.25) is 4.72 Å². The van der Waals surface area contributed by atoms with Gasteiger partial charge in [-0.05, 0) is 62.4 Å². The van der Waals surface area contributed by atoms with Crippen LogP contribution in [0.5, 0.6) is 0 Å². The molecular weight excluding hydrogens is 424 g/mol. The highest BCUT2D eigenvalue weighted by Crippen LogP contribution is 2.26. The molecule has 11 heteroatoms. The van der Waals surface area contributed by atoms with Gasteiger partial charge in [0.1, 0.15) is 4.90 Å². The summed E-state index contributed by atoms with van der Waals surface area (Å²) < 4.78 is 52.4. The lowest BCUT2D eigenvalue weighted by atomic mass is 10.3. The number of anilines is 1.